The van der Waals surface area contributed by atoms with Gasteiger partial charge in [-0.05, 0) is 68.4 Å². The zero-order valence-corrected chi connectivity index (χ0v) is 18.0. The fraction of sp³-hybridized carbons (Fsp3) is 0.458. The smallest absolute Gasteiger partial charge is 0.233 e. The minimum Gasteiger partial charge on any atom is -0.595 e. The molecule has 4 fully saturated rings. The number of hydrogen-bond donors (Lipinski definition) is 2. The zero-order valence-electron chi connectivity index (χ0n) is 17.2. The lowest BCUT2D eigenvalue weighted by atomic mass is 9.52. The first-order valence-corrected chi connectivity index (χ1v) is 11.5. The van der Waals surface area contributed by atoms with Crippen LogP contribution in [0.15, 0.2) is 53.7 Å². The Hall–Kier alpha value is -2.12. The van der Waals surface area contributed by atoms with Gasteiger partial charge in [0.1, 0.15) is 0 Å². The number of halogens is 1. The molecule has 6 nitrogen and oxygen atoms in total. The Kier molecular flexibility index (Phi) is 4.54. The molecule has 162 valence electrons. The van der Waals surface area contributed by atoms with Crippen LogP contribution >= 0.6 is 11.6 Å². The van der Waals surface area contributed by atoms with Gasteiger partial charge in [0.05, 0.1) is 5.56 Å². The maximum Gasteiger partial charge on any atom is 0.233 e. The number of nitrogens with one attached hydrogen (secondary N) is 1. The molecule has 4 saturated carbocycles. The Morgan fingerprint density at radius 2 is 1.68 bits per heavy atom. The predicted molar refractivity (Wildman–Crippen MR) is 117 cm³/mol. The van der Waals surface area contributed by atoms with Crippen LogP contribution in [0, 0.1) is 23.0 Å². The van der Waals surface area contributed by atoms with E-state index < -0.39 is 11.5 Å². The molecule has 2 atom stereocenters. The molecule has 0 amide bonds. The van der Waals surface area contributed by atoms with Crippen molar-refractivity contribution in [3.05, 3.63) is 69.9 Å². The van der Waals surface area contributed by atoms with Crippen LogP contribution in [0.5, 0.6) is 0 Å². The molecule has 0 aromatic heterocycles. The molecule has 2 aromatic rings. The summed E-state index contributed by atoms with van der Waals surface area (Å²) in [6, 6.07) is 15.0. The lowest BCUT2D eigenvalue weighted by Gasteiger charge is -2.60. The maximum atomic E-state index is 12.0. The summed E-state index contributed by atoms with van der Waals surface area (Å²) in [5.74, 6) is 3.03. The molecule has 2 N–H and O–H groups in total. The van der Waals surface area contributed by atoms with Gasteiger partial charge < -0.3 is 14.9 Å². The molecular weight excluding hydrogens is 414 g/mol. The number of amidine groups is 1. The van der Waals surface area contributed by atoms with E-state index in [0.717, 1.165) is 48.4 Å². The minimum absolute atomic E-state index is 0.0529. The number of quaternary nitrogens is 1. The second-order valence-corrected chi connectivity index (χ2v) is 10.2. The van der Waals surface area contributed by atoms with Crippen LogP contribution in [0.4, 0.5) is 5.69 Å². The minimum atomic E-state index is -0.978. The highest BCUT2D eigenvalue weighted by molar-refractivity contribution is 6.30. The number of benzene rings is 2. The second-order valence-electron chi connectivity index (χ2n) is 9.79. The third kappa shape index (κ3) is 3.16. The fourth-order valence-corrected chi connectivity index (χ4v) is 7.22. The molecule has 4 bridgehead atoms. The molecule has 0 radical (unpaired) electrons. The van der Waals surface area contributed by atoms with Crippen LogP contribution in [0.3, 0.4) is 0 Å². The molecule has 1 heterocycles. The van der Waals surface area contributed by atoms with E-state index in [0.29, 0.717) is 10.6 Å². The standard InChI is InChI=1S/C24H26ClN3O3/c25-19-6-7-21(28(29)30)20(11-19)23-27(22(26-31-23)18-4-2-1-3-5-18)24-12-15-8-16(13-24)10-17(9-15)14-24/h1-7,11,15-17,23,28-29H,8-10,12-14H2. The molecule has 0 spiro atoms. The van der Waals surface area contributed by atoms with Crippen molar-refractivity contribution in [1.29, 1.82) is 0 Å². The van der Waals surface area contributed by atoms with E-state index >= 15 is 0 Å². The monoisotopic (exact) mass is 439 g/mol. The van der Waals surface area contributed by atoms with Gasteiger partial charge >= 0.3 is 0 Å². The summed E-state index contributed by atoms with van der Waals surface area (Å²) in [6.45, 7) is 0. The van der Waals surface area contributed by atoms with Crippen LogP contribution in [0.1, 0.15) is 55.9 Å². The van der Waals surface area contributed by atoms with Crippen molar-refractivity contribution in [3.8, 4) is 0 Å². The highest BCUT2D eigenvalue weighted by Crippen LogP contribution is 2.60. The molecule has 2 aromatic carbocycles. The van der Waals surface area contributed by atoms with Gasteiger partial charge in [-0.3, -0.25) is 0 Å². The van der Waals surface area contributed by atoms with E-state index in [-0.39, 0.29) is 11.2 Å². The average Bonchev–Trinajstić information content (AvgIpc) is 3.19. The van der Waals surface area contributed by atoms with E-state index in [1.54, 1.807) is 18.2 Å². The molecule has 31 heavy (non-hydrogen) atoms. The van der Waals surface area contributed by atoms with Gasteiger partial charge in [0.2, 0.25) is 6.23 Å². The SMILES string of the molecule is [O-][NH+](O)c1ccc(Cl)cc1C1ON=C(c2ccccc2)N1C12CC3CC(CC(C3)C1)C2. The lowest BCUT2D eigenvalue weighted by molar-refractivity contribution is -0.991. The Morgan fingerprint density at radius 3 is 2.29 bits per heavy atom. The first kappa shape index (κ1) is 19.6. The summed E-state index contributed by atoms with van der Waals surface area (Å²) >= 11 is 6.32. The average molecular weight is 440 g/mol. The van der Waals surface area contributed by atoms with E-state index in [1.165, 1.54) is 19.3 Å². The number of nitrogens with zero attached hydrogens (tertiary/aromatic N) is 2. The van der Waals surface area contributed by atoms with Crippen LogP contribution in [0.25, 0.3) is 0 Å². The van der Waals surface area contributed by atoms with Gasteiger partial charge in [0.15, 0.2) is 11.5 Å². The van der Waals surface area contributed by atoms with Gasteiger partial charge in [-0.1, -0.05) is 47.1 Å². The van der Waals surface area contributed by atoms with Gasteiger partial charge in [-0.25, -0.2) is 5.21 Å². The third-order valence-corrected chi connectivity index (χ3v) is 8.00. The Bertz CT molecular complexity index is 991. The van der Waals surface area contributed by atoms with Crippen molar-refractivity contribution in [1.82, 2.24) is 4.90 Å². The first-order valence-electron chi connectivity index (χ1n) is 11.1. The summed E-state index contributed by atoms with van der Waals surface area (Å²) in [4.78, 5) is 8.37. The van der Waals surface area contributed by atoms with Crippen molar-refractivity contribution in [2.45, 2.75) is 50.3 Å². The van der Waals surface area contributed by atoms with Crippen LogP contribution < -0.4 is 5.23 Å². The summed E-state index contributed by atoms with van der Waals surface area (Å²) in [6.07, 6.45) is 6.75. The Labute approximate surface area is 186 Å². The molecule has 0 saturated heterocycles. The number of rotatable bonds is 4. The van der Waals surface area contributed by atoms with E-state index in [4.69, 9.17) is 16.4 Å². The van der Waals surface area contributed by atoms with Crippen molar-refractivity contribution in [3.63, 3.8) is 0 Å². The normalized spacial score (nSPS) is 34.5. The lowest BCUT2D eigenvalue weighted by Crippen LogP contribution is -2.99. The van der Waals surface area contributed by atoms with Crippen molar-refractivity contribution in [2.24, 2.45) is 22.9 Å². The fourth-order valence-electron chi connectivity index (χ4n) is 7.04. The maximum absolute atomic E-state index is 12.0. The summed E-state index contributed by atoms with van der Waals surface area (Å²) in [5.41, 5.74) is 1.74. The van der Waals surface area contributed by atoms with E-state index in [1.807, 2.05) is 30.3 Å². The predicted octanol–water partition coefficient (Wildman–Crippen LogP) is 4.40. The van der Waals surface area contributed by atoms with Gasteiger partial charge in [0.25, 0.3) is 0 Å². The quantitative estimate of drug-likeness (QED) is 0.692. The number of oxime groups is 1. The first-order chi connectivity index (χ1) is 15.0. The molecule has 2 unspecified atom stereocenters. The summed E-state index contributed by atoms with van der Waals surface area (Å²) in [7, 11) is 0. The molecule has 1 aliphatic heterocycles. The van der Waals surface area contributed by atoms with E-state index in [2.05, 4.69) is 10.1 Å². The summed E-state index contributed by atoms with van der Waals surface area (Å²) in [5, 5.41) is 26.0. The van der Waals surface area contributed by atoms with Crippen LogP contribution in [0.2, 0.25) is 5.02 Å². The molecule has 5 aliphatic rings. The third-order valence-electron chi connectivity index (χ3n) is 7.76. The van der Waals surface area contributed by atoms with Crippen molar-refractivity contribution < 1.29 is 15.3 Å². The zero-order chi connectivity index (χ0) is 21.2. The van der Waals surface area contributed by atoms with Gasteiger partial charge in [-0.15, -0.1) is 0 Å². The largest absolute Gasteiger partial charge is 0.595 e. The highest BCUT2D eigenvalue weighted by atomic mass is 35.5. The molecule has 4 aliphatic carbocycles. The van der Waals surface area contributed by atoms with Crippen molar-refractivity contribution in [2.75, 3.05) is 0 Å². The number of hydrogen-bond acceptors (Lipinski definition) is 5. The highest BCUT2D eigenvalue weighted by Gasteiger charge is 2.58. The van der Waals surface area contributed by atoms with Crippen molar-refractivity contribution >= 4 is 23.1 Å². The van der Waals surface area contributed by atoms with E-state index in [9.17, 15) is 10.4 Å². The second kappa shape index (κ2) is 7.20. The molecular formula is C24H26ClN3O3. The van der Waals surface area contributed by atoms with Crippen LogP contribution in [-0.4, -0.2) is 21.5 Å². The van der Waals surface area contributed by atoms with Crippen LogP contribution in [-0.2, 0) is 4.84 Å². The van der Waals surface area contributed by atoms with Gasteiger partial charge in [-0.2, -0.15) is 5.23 Å². The molecule has 7 heteroatoms. The Morgan fingerprint density at radius 1 is 1.03 bits per heavy atom. The topological polar surface area (TPSA) is 72.6 Å². The molecule has 7 rings (SSSR count). The van der Waals surface area contributed by atoms with Gasteiger partial charge in [0, 0.05) is 22.2 Å². The Balaban J connectivity index is 1.48. The summed E-state index contributed by atoms with van der Waals surface area (Å²) < 4.78 is 0.